The molecule has 228 valence electrons. The van der Waals surface area contributed by atoms with Crippen LogP contribution in [0.3, 0.4) is 0 Å². The average molecular weight is 624 g/mol. The average Bonchev–Trinajstić information content (AvgIpc) is 3.51. The maximum Gasteiger partial charge on any atom is 0.279 e. The van der Waals surface area contributed by atoms with Crippen molar-refractivity contribution < 1.29 is 23.5 Å². The summed E-state index contributed by atoms with van der Waals surface area (Å²) in [7, 11) is 1.67. The molecular weight excluding hydrogens is 593 g/mol. The molecule has 0 saturated carbocycles. The van der Waals surface area contributed by atoms with Crippen LogP contribution in [0.2, 0.25) is 0 Å². The molecule has 2 amide bonds. The Kier molecular flexibility index (Phi) is 8.65. The molecule has 0 fully saturated rings. The zero-order chi connectivity index (χ0) is 31.4. The summed E-state index contributed by atoms with van der Waals surface area (Å²) in [5.74, 6) is -3.00. The summed E-state index contributed by atoms with van der Waals surface area (Å²) < 4.78 is 28.9. The first-order chi connectivity index (χ1) is 21.9. The first kappa shape index (κ1) is 30.1. The normalized spacial score (nSPS) is 18.0. The Morgan fingerprint density at radius 1 is 1.07 bits per heavy atom. The minimum Gasteiger partial charge on any atom is -0.455 e. The summed E-state index contributed by atoms with van der Waals surface area (Å²) in [6.45, 7) is 2.07. The van der Waals surface area contributed by atoms with Gasteiger partial charge in [0.15, 0.2) is 0 Å². The summed E-state index contributed by atoms with van der Waals surface area (Å²) in [5, 5.41) is 3.30. The number of amides is 2. The minimum atomic E-state index is -3.05. The molecule has 3 N–H and O–H groups in total. The van der Waals surface area contributed by atoms with Crippen molar-refractivity contribution in [3.05, 3.63) is 115 Å². The lowest BCUT2D eigenvalue weighted by Gasteiger charge is -2.36. The van der Waals surface area contributed by atoms with Crippen molar-refractivity contribution >= 4 is 39.1 Å². The van der Waals surface area contributed by atoms with E-state index < -0.39 is 23.4 Å². The summed E-state index contributed by atoms with van der Waals surface area (Å²) in [6, 6.07) is 22.9. The number of thiophene rings is 1. The molecule has 6 rings (SSSR count). The number of alkyl halides is 1. The number of nitrogens with two attached hydrogens (primary N) is 1. The third kappa shape index (κ3) is 5.93. The van der Waals surface area contributed by atoms with Gasteiger partial charge < -0.3 is 20.5 Å². The Bertz CT molecular complexity index is 1860. The van der Waals surface area contributed by atoms with Gasteiger partial charge in [0, 0.05) is 56.1 Å². The topological polar surface area (TPSA) is 120 Å². The lowest BCUT2D eigenvalue weighted by molar-refractivity contribution is -0.143. The van der Waals surface area contributed by atoms with Gasteiger partial charge in [0.2, 0.25) is 0 Å². The second-order valence-corrected chi connectivity index (χ2v) is 11.5. The number of methoxy groups -OCH3 is 1. The molecule has 2 aromatic carbocycles. The van der Waals surface area contributed by atoms with Gasteiger partial charge in [-0.3, -0.25) is 24.5 Å². The number of carbonyl (C=O) groups excluding carboxylic acids is 2. The van der Waals surface area contributed by atoms with Crippen LogP contribution in [0.25, 0.3) is 20.8 Å². The van der Waals surface area contributed by atoms with Gasteiger partial charge in [0.1, 0.15) is 11.5 Å². The number of hydrogen-bond acceptors (Lipinski definition) is 8. The second kappa shape index (κ2) is 12.9. The van der Waals surface area contributed by atoms with Crippen molar-refractivity contribution in [2.45, 2.75) is 18.1 Å². The van der Waals surface area contributed by atoms with Gasteiger partial charge in [-0.15, -0.1) is 11.3 Å². The number of pyridine rings is 2. The molecular formula is C34H30FN5O4S. The molecule has 9 nitrogen and oxygen atoms in total. The third-order valence-electron chi connectivity index (χ3n) is 7.52. The highest BCUT2D eigenvalue weighted by atomic mass is 32.1. The fourth-order valence-corrected chi connectivity index (χ4v) is 6.24. The van der Waals surface area contributed by atoms with E-state index in [2.05, 4.69) is 15.3 Å². The highest BCUT2D eigenvalue weighted by Crippen LogP contribution is 2.45. The zero-order valence-electron chi connectivity index (χ0n) is 24.4. The van der Waals surface area contributed by atoms with Crippen molar-refractivity contribution in [1.82, 2.24) is 15.3 Å². The third-order valence-corrected chi connectivity index (χ3v) is 8.68. The van der Waals surface area contributed by atoms with E-state index in [1.54, 1.807) is 74.0 Å². The van der Waals surface area contributed by atoms with Gasteiger partial charge in [-0.05, 0) is 35.9 Å². The predicted octanol–water partition coefficient (Wildman–Crippen LogP) is 5.72. The van der Waals surface area contributed by atoms with Crippen LogP contribution in [0, 0.1) is 0 Å². The molecule has 0 radical (unpaired) electrons. The number of rotatable bonds is 11. The monoisotopic (exact) mass is 623 g/mol. The van der Waals surface area contributed by atoms with E-state index >= 15 is 4.39 Å². The van der Waals surface area contributed by atoms with E-state index in [-0.39, 0.29) is 5.75 Å². The number of primary amides is 1. The zero-order valence-corrected chi connectivity index (χ0v) is 25.2. The molecule has 11 heteroatoms. The van der Waals surface area contributed by atoms with Gasteiger partial charge in [0.05, 0.1) is 33.3 Å². The van der Waals surface area contributed by atoms with Gasteiger partial charge in [-0.1, -0.05) is 48.5 Å². The SMILES string of the molecule is COCCNCc1ccc(-c2cc3nccc(Oc4ccccc4C4C=CN(c5ccccc5)C(=O)C4(F)C(N)=O)c3s2)nc1. The fourth-order valence-electron chi connectivity index (χ4n) is 5.20. The maximum atomic E-state index is 16.7. The van der Waals surface area contributed by atoms with E-state index in [4.69, 9.17) is 15.2 Å². The van der Waals surface area contributed by atoms with Gasteiger partial charge in [-0.2, -0.15) is 0 Å². The molecule has 1 aliphatic heterocycles. The van der Waals surface area contributed by atoms with E-state index in [1.807, 2.05) is 24.4 Å². The molecule has 5 aromatic rings. The number of allylic oxidation sites excluding steroid dienone is 1. The van der Waals surface area contributed by atoms with E-state index in [0.717, 1.165) is 32.3 Å². The molecule has 3 aromatic heterocycles. The lowest BCUT2D eigenvalue weighted by Crippen LogP contribution is -2.58. The van der Waals surface area contributed by atoms with E-state index in [9.17, 15) is 9.59 Å². The molecule has 1 aliphatic rings. The van der Waals surface area contributed by atoms with Crippen molar-refractivity contribution in [3.8, 4) is 22.1 Å². The standard InChI is InChI=1S/C34H30FN5O4S/c1-43-18-16-37-20-22-11-12-26(39-21-22)30-19-27-31(45-30)29(13-15-38-27)44-28-10-6-5-9-24(28)25-14-17-40(23-7-3-2-4-8-23)33(42)34(25,35)32(36)41/h2-15,17,19,21,25,37H,16,18,20H2,1H3,(H2,36,41). The summed E-state index contributed by atoms with van der Waals surface area (Å²) in [4.78, 5) is 37.3. The summed E-state index contributed by atoms with van der Waals surface area (Å²) >= 11 is 1.47. The first-order valence-electron chi connectivity index (χ1n) is 14.3. The van der Waals surface area contributed by atoms with Crippen molar-refractivity contribution in [3.63, 3.8) is 0 Å². The number of para-hydroxylation sites is 2. The van der Waals surface area contributed by atoms with Crippen LogP contribution in [0.1, 0.15) is 17.0 Å². The van der Waals surface area contributed by atoms with E-state index in [0.29, 0.717) is 35.7 Å². The Morgan fingerprint density at radius 2 is 1.87 bits per heavy atom. The van der Waals surface area contributed by atoms with Gasteiger partial charge in [-0.25, -0.2) is 4.39 Å². The number of anilines is 1. The maximum absolute atomic E-state index is 16.7. The molecule has 45 heavy (non-hydrogen) atoms. The molecule has 2 unspecified atom stereocenters. The highest BCUT2D eigenvalue weighted by Gasteiger charge is 2.56. The second-order valence-electron chi connectivity index (χ2n) is 10.4. The fraction of sp³-hybridized carbons (Fsp3) is 0.176. The van der Waals surface area contributed by atoms with Crippen LogP contribution < -0.4 is 20.7 Å². The molecule has 0 aliphatic carbocycles. The van der Waals surface area contributed by atoms with Crippen LogP contribution in [0.4, 0.5) is 10.1 Å². The van der Waals surface area contributed by atoms with Crippen LogP contribution in [-0.4, -0.2) is 47.7 Å². The van der Waals surface area contributed by atoms with Gasteiger partial charge >= 0.3 is 0 Å². The van der Waals surface area contributed by atoms with E-state index in [1.165, 1.54) is 23.6 Å². The number of benzene rings is 2. The van der Waals surface area contributed by atoms with Crippen molar-refractivity contribution in [1.29, 1.82) is 0 Å². The molecule has 0 bridgehead atoms. The Morgan fingerprint density at radius 3 is 2.62 bits per heavy atom. The molecule has 2 atom stereocenters. The highest BCUT2D eigenvalue weighted by molar-refractivity contribution is 7.22. The number of fused-ring (bicyclic) bond motifs is 1. The number of aromatic nitrogens is 2. The summed E-state index contributed by atoms with van der Waals surface area (Å²) in [6.07, 6.45) is 6.39. The Balaban J connectivity index is 1.30. The van der Waals surface area contributed by atoms with Crippen LogP contribution >= 0.6 is 11.3 Å². The predicted molar refractivity (Wildman–Crippen MR) is 172 cm³/mol. The van der Waals surface area contributed by atoms with Crippen molar-refractivity contribution in [2.75, 3.05) is 25.2 Å². The number of ether oxygens (including phenoxy) is 2. The molecule has 0 saturated heterocycles. The number of nitrogens with zero attached hydrogens (tertiary/aromatic N) is 3. The first-order valence-corrected chi connectivity index (χ1v) is 15.1. The lowest BCUT2D eigenvalue weighted by atomic mass is 9.79. The Labute approximate surface area is 263 Å². The number of hydrogen-bond donors (Lipinski definition) is 2. The van der Waals surface area contributed by atoms with Gasteiger partial charge in [0.25, 0.3) is 17.5 Å². The molecule has 4 heterocycles. The Hall–Kier alpha value is -4.97. The number of halogens is 1. The minimum absolute atomic E-state index is 0.280. The summed E-state index contributed by atoms with van der Waals surface area (Å²) in [5.41, 5.74) is 5.80. The largest absolute Gasteiger partial charge is 0.455 e. The quantitative estimate of drug-likeness (QED) is 0.143. The van der Waals surface area contributed by atoms with Crippen LogP contribution in [0.5, 0.6) is 11.5 Å². The molecule has 0 spiro atoms. The smallest absolute Gasteiger partial charge is 0.279 e. The van der Waals surface area contributed by atoms with Crippen LogP contribution in [-0.2, 0) is 20.9 Å². The van der Waals surface area contributed by atoms with Crippen LogP contribution in [0.15, 0.2) is 104 Å². The van der Waals surface area contributed by atoms with Crippen molar-refractivity contribution in [2.24, 2.45) is 5.73 Å². The number of carbonyl (C=O) groups is 2. The number of nitrogens with one attached hydrogen (secondary N) is 1.